The lowest BCUT2D eigenvalue weighted by Gasteiger charge is -2.20. The number of rotatable bonds is 14. The van der Waals surface area contributed by atoms with Crippen molar-refractivity contribution in [3.05, 3.63) is 130 Å². The third-order valence-corrected chi connectivity index (χ3v) is 10.4. The van der Waals surface area contributed by atoms with E-state index in [1.165, 1.54) is 0 Å². The van der Waals surface area contributed by atoms with Crippen molar-refractivity contribution in [2.45, 2.75) is 92.6 Å². The number of carboxylic acid groups (broad SMARTS) is 2. The largest absolute Gasteiger partial charge is 0.489 e. The van der Waals surface area contributed by atoms with Crippen LogP contribution >= 0.6 is 0 Å². The molecule has 8 rings (SSSR count). The zero-order valence-corrected chi connectivity index (χ0v) is 37.8. The van der Waals surface area contributed by atoms with Gasteiger partial charge in [-0.3, -0.25) is 28.8 Å². The van der Waals surface area contributed by atoms with Crippen LogP contribution in [0.15, 0.2) is 97.1 Å². The van der Waals surface area contributed by atoms with Crippen molar-refractivity contribution < 1.29 is 57.9 Å². The molecule has 0 aromatic heterocycles. The molecule has 0 radical (unpaired) electrons. The van der Waals surface area contributed by atoms with Crippen LogP contribution in [0.5, 0.6) is 23.0 Å². The van der Waals surface area contributed by atoms with Crippen molar-refractivity contribution in [1.82, 2.24) is 0 Å². The Kier molecular flexibility index (Phi) is 13.2. The highest BCUT2D eigenvalue weighted by atomic mass is 16.5. The van der Waals surface area contributed by atoms with Gasteiger partial charge in [0.25, 0.3) is 23.6 Å². The van der Waals surface area contributed by atoms with Gasteiger partial charge >= 0.3 is 11.9 Å². The van der Waals surface area contributed by atoms with Gasteiger partial charge < -0.3 is 29.2 Å². The second kappa shape index (κ2) is 18.8. The van der Waals surface area contributed by atoms with Crippen LogP contribution in [-0.2, 0) is 22.4 Å². The summed E-state index contributed by atoms with van der Waals surface area (Å²) in [7, 11) is 0. The minimum absolute atomic E-state index is 0.146. The summed E-state index contributed by atoms with van der Waals surface area (Å²) in [5.41, 5.74) is 2.56. The summed E-state index contributed by atoms with van der Waals surface area (Å²) in [6.07, 6.45) is -1.18. The predicted octanol–water partition coefficient (Wildman–Crippen LogP) is 9.68. The van der Waals surface area contributed by atoms with Gasteiger partial charge in [-0.25, -0.2) is 9.80 Å². The molecule has 6 aromatic carbocycles. The molecule has 0 unspecified atom stereocenters. The zero-order chi connectivity index (χ0) is 47.7. The molecule has 2 heterocycles. The average Bonchev–Trinajstić information content (AvgIpc) is 3.67. The van der Waals surface area contributed by atoms with E-state index in [-0.39, 0.29) is 59.5 Å². The molecular weight excluding hydrogens is 845 g/mol. The Morgan fingerprint density at radius 2 is 0.636 bits per heavy atom. The lowest BCUT2D eigenvalue weighted by molar-refractivity contribution is -0.137. The molecular formula is C52H50N2O12. The number of nitrogens with zero attached hydrogens (tertiary/aromatic N) is 2. The SMILES string of the molecule is CC(C)Oc1c2c(c(OC(C)C)c3ccccc13)C(=O)N(c1ccc(CC(=O)O)cc1)C2=O.CC(C)Oc1c2c(c(OC(C)C)c3ccccc13)C(=O)N(c1ccc(CC(=O)O)cc1)C2=O. The van der Waals surface area contributed by atoms with Crippen molar-refractivity contribution in [2.24, 2.45) is 0 Å². The third kappa shape index (κ3) is 8.99. The molecule has 2 aliphatic heterocycles. The van der Waals surface area contributed by atoms with E-state index < -0.39 is 35.6 Å². The van der Waals surface area contributed by atoms with Gasteiger partial charge in [-0.1, -0.05) is 72.8 Å². The Labute approximate surface area is 381 Å². The van der Waals surface area contributed by atoms with Gasteiger partial charge in [-0.05, 0) is 90.8 Å². The molecule has 14 heteroatoms. The first-order valence-corrected chi connectivity index (χ1v) is 21.6. The van der Waals surface area contributed by atoms with Gasteiger partial charge in [-0.15, -0.1) is 0 Å². The quantitative estimate of drug-likeness (QED) is 0.0988. The Bertz CT molecular complexity index is 2580. The fourth-order valence-electron chi connectivity index (χ4n) is 7.98. The normalized spacial score (nSPS) is 13.2. The molecule has 0 aliphatic carbocycles. The number of ether oxygens (including phenoxy) is 4. The van der Waals surface area contributed by atoms with Gasteiger partial charge in [-0.2, -0.15) is 0 Å². The van der Waals surface area contributed by atoms with E-state index in [1.807, 2.05) is 104 Å². The molecule has 0 saturated carbocycles. The molecule has 66 heavy (non-hydrogen) atoms. The molecule has 2 N–H and O–H groups in total. The second-order valence-electron chi connectivity index (χ2n) is 16.9. The lowest BCUT2D eigenvalue weighted by Crippen LogP contribution is -2.29. The standard InChI is InChI=1S/2C26H25NO6/c2*1-14(2)32-23-18-7-5-6-8-19(18)24(33-15(3)4)22-21(23)25(30)27(26(22)31)17-11-9-16(10-12-17)13-20(28)29/h2*5-12,14-15H,13H2,1-4H3,(H,28,29). The van der Waals surface area contributed by atoms with E-state index >= 15 is 0 Å². The Hall–Kier alpha value is -7.74. The predicted molar refractivity (Wildman–Crippen MR) is 249 cm³/mol. The minimum Gasteiger partial charge on any atom is -0.489 e. The number of hydrogen-bond donors (Lipinski definition) is 2. The van der Waals surface area contributed by atoms with Crippen molar-refractivity contribution >= 4 is 68.5 Å². The molecule has 0 spiro atoms. The summed E-state index contributed by atoms with van der Waals surface area (Å²) in [6, 6.07) is 27.5. The number of benzene rings is 6. The molecule has 0 fully saturated rings. The summed E-state index contributed by atoms with van der Waals surface area (Å²) in [4.78, 5) is 78.7. The molecule has 0 bridgehead atoms. The highest BCUT2D eigenvalue weighted by Crippen LogP contribution is 2.48. The fraction of sp³-hybridized carbons (Fsp3) is 0.269. The number of aliphatic carboxylic acids is 2. The summed E-state index contributed by atoms with van der Waals surface area (Å²) in [6.45, 7) is 14.9. The van der Waals surface area contributed by atoms with Crippen molar-refractivity contribution in [3.8, 4) is 23.0 Å². The number of carbonyl (C=O) groups excluding carboxylic acids is 4. The van der Waals surface area contributed by atoms with Crippen LogP contribution in [0.25, 0.3) is 21.5 Å². The van der Waals surface area contributed by atoms with Crippen LogP contribution in [0, 0.1) is 0 Å². The smallest absolute Gasteiger partial charge is 0.307 e. The molecule has 340 valence electrons. The van der Waals surface area contributed by atoms with Crippen LogP contribution < -0.4 is 28.7 Å². The van der Waals surface area contributed by atoms with Crippen molar-refractivity contribution in [1.29, 1.82) is 0 Å². The highest BCUT2D eigenvalue weighted by Gasteiger charge is 2.45. The lowest BCUT2D eigenvalue weighted by atomic mass is 9.98. The first kappa shape index (κ1) is 46.3. The maximum Gasteiger partial charge on any atom is 0.307 e. The van der Waals surface area contributed by atoms with Crippen molar-refractivity contribution in [2.75, 3.05) is 9.80 Å². The average molecular weight is 895 g/mol. The van der Waals surface area contributed by atoms with Crippen LogP contribution in [0.4, 0.5) is 11.4 Å². The summed E-state index contributed by atoms with van der Waals surface area (Å²) < 4.78 is 24.3. The Morgan fingerprint density at radius 1 is 0.409 bits per heavy atom. The van der Waals surface area contributed by atoms with Crippen LogP contribution in [0.2, 0.25) is 0 Å². The molecule has 6 aromatic rings. The number of carboxylic acids is 2. The fourth-order valence-corrected chi connectivity index (χ4v) is 7.98. The maximum atomic E-state index is 13.6. The summed E-state index contributed by atoms with van der Waals surface area (Å²) in [5, 5.41) is 20.8. The molecule has 0 saturated heterocycles. The zero-order valence-electron chi connectivity index (χ0n) is 37.8. The number of hydrogen-bond acceptors (Lipinski definition) is 10. The van der Waals surface area contributed by atoms with E-state index in [0.717, 1.165) is 9.80 Å². The number of anilines is 2. The highest BCUT2D eigenvalue weighted by molar-refractivity contribution is 6.39. The second-order valence-corrected chi connectivity index (χ2v) is 16.9. The van der Waals surface area contributed by atoms with Crippen LogP contribution in [-0.4, -0.2) is 70.2 Å². The maximum absolute atomic E-state index is 13.6. The first-order valence-electron chi connectivity index (χ1n) is 21.6. The monoisotopic (exact) mass is 894 g/mol. The number of imide groups is 2. The summed E-state index contributed by atoms with van der Waals surface area (Å²) in [5.74, 6) is -2.50. The van der Waals surface area contributed by atoms with E-state index in [1.54, 1.807) is 48.5 Å². The molecule has 14 nitrogen and oxygen atoms in total. The Balaban J connectivity index is 0.000000196. The van der Waals surface area contributed by atoms with E-state index in [2.05, 4.69) is 0 Å². The van der Waals surface area contributed by atoms with E-state index in [0.29, 0.717) is 67.0 Å². The molecule has 4 amide bonds. The number of amides is 4. The topological polar surface area (TPSA) is 186 Å². The van der Waals surface area contributed by atoms with E-state index in [4.69, 9.17) is 29.2 Å². The third-order valence-electron chi connectivity index (χ3n) is 10.4. The molecule has 0 atom stereocenters. The minimum atomic E-state index is -0.957. The van der Waals surface area contributed by atoms with Gasteiger partial charge in [0.2, 0.25) is 0 Å². The Morgan fingerprint density at radius 3 is 0.833 bits per heavy atom. The number of fused-ring (bicyclic) bond motifs is 4. The van der Waals surface area contributed by atoms with Crippen LogP contribution in [0.3, 0.4) is 0 Å². The first-order chi connectivity index (χ1) is 31.4. The molecule has 2 aliphatic rings. The summed E-state index contributed by atoms with van der Waals surface area (Å²) >= 11 is 0. The van der Waals surface area contributed by atoms with Gasteiger partial charge in [0.15, 0.2) is 0 Å². The van der Waals surface area contributed by atoms with Gasteiger partial charge in [0, 0.05) is 21.5 Å². The van der Waals surface area contributed by atoms with Gasteiger partial charge in [0.1, 0.15) is 23.0 Å². The van der Waals surface area contributed by atoms with Gasteiger partial charge in [0.05, 0.1) is 70.9 Å². The van der Waals surface area contributed by atoms with Crippen molar-refractivity contribution in [3.63, 3.8) is 0 Å². The van der Waals surface area contributed by atoms with Crippen LogP contribution in [0.1, 0.15) is 108 Å². The number of carbonyl (C=O) groups is 6. The van der Waals surface area contributed by atoms with E-state index in [9.17, 15) is 28.8 Å².